The summed E-state index contributed by atoms with van der Waals surface area (Å²) in [6.45, 7) is 0.589. The Morgan fingerprint density at radius 2 is 1.94 bits per heavy atom. The van der Waals surface area contributed by atoms with E-state index < -0.39 is 0 Å². The summed E-state index contributed by atoms with van der Waals surface area (Å²) in [5, 5.41) is 8.53. The second-order valence-electron chi connectivity index (χ2n) is 3.64. The smallest absolute Gasteiger partial charge is 0.0626 e. The van der Waals surface area contributed by atoms with Crippen LogP contribution in [0.5, 0.6) is 0 Å². The van der Waals surface area contributed by atoms with Gasteiger partial charge in [-0.25, -0.2) is 0 Å². The number of thioether (sulfide) groups is 1. The van der Waals surface area contributed by atoms with Crippen molar-refractivity contribution in [2.24, 2.45) is 19.8 Å². The van der Waals surface area contributed by atoms with Gasteiger partial charge < -0.3 is 5.73 Å². The molecule has 0 spiro atoms. The van der Waals surface area contributed by atoms with E-state index in [1.807, 2.05) is 38.9 Å². The second kappa shape index (κ2) is 4.71. The third-order valence-electron chi connectivity index (χ3n) is 2.27. The molecule has 0 aliphatic carbocycles. The Kier molecular flexibility index (Phi) is 3.31. The molecule has 2 aromatic rings. The maximum atomic E-state index is 5.78. The lowest BCUT2D eigenvalue weighted by molar-refractivity contribution is 0.766. The Morgan fingerprint density at radius 3 is 2.44 bits per heavy atom. The van der Waals surface area contributed by atoms with Crippen molar-refractivity contribution in [2.75, 3.05) is 6.54 Å². The summed E-state index contributed by atoms with van der Waals surface area (Å²) >= 11 is 1.71. The van der Waals surface area contributed by atoms with E-state index in [4.69, 9.17) is 5.73 Å². The van der Waals surface area contributed by atoms with Crippen molar-refractivity contribution in [3.8, 4) is 0 Å². The zero-order chi connectivity index (χ0) is 11.5. The highest BCUT2D eigenvalue weighted by molar-refractivity contribution is 7.99. The number of aryl methyl sites for hydroxylation is 2. The van der Waals surface area contributed by atoms with Crippen LogP contribution in [-0.2, 0) is 14.1 Å². The minimum atomic E-state index is 0.234. The maximum absolute atomic E-state index is 5.78. The van der Waals surface area contributed by atoms with Gasteiger partial charge in [0.2, 0.25) is 0 Å². The van der Waals surface area contributed by atoms with E-state index in [0.717, 1.165) is 10.5 Å². The number of aromatic nitrogens is 4. The molecule has 0 aromatic carbocycles. The minimum Gasteiger partial charge on any atom is -0.329 e. The first-order valence-corrected chi connectivity index (χ1v) is 5.91. The summed E-state index contributed by atoms with van der Waals surface area (Å²) in [6.07, 6.45) is 7.70. The lowest BCUT2D eigenvalue weighted by atomic mass is 10.2. The average molecular weight is 237 g/mol. The molecule has 0 amide bonds. The molecule has 1 unspecified atom stereocenters. The van der Waals surface area contributed by atoms with E-state index in [2.05, 4.69) is 10.2 Å². The number of hydrogen-bond donors (Lipinski definition) is 1. The third kappa shape index (κ3) is 2.45. The van der Waals surface area contributed by atoms with Gasteiger partial charge in [-0.2, -0.15) is 10.2 Å². The molecule has 0 bridgehead atoms. The predicted molar refractivity (Wildman–Crippen MR) is 64.1 cm³/mol. The van der Waals surface area contributed by atoms with Crippen LogP contribution in [0.2, 0.25) is 0 Å². The highest BCUT2D eigenvalue weighted by atomic mass is 32.2. The Hall–Kier alpha value is -1.27. The molecule has 0 fully saturated rings. The molecule has 86 valence electrons. The van der Waals surface area contributed by atoms with Crippen LogP contribution in [0.1, 0.15) is 10.8 Å². The van der Waals surface area contributed by atoms with Crippen molar-refractivity contribution in [3.05, 3.63) is 30.4 Å². The van der Waals surface area contributed by atoms with Gasteiger partial charge in [0, 0.05) is 48.7 Å². The molecular weight excluding hydrogens is 222 g/mol. The van der Waals surface area contributed by atoms with E-state index in [0.29, 0.717) is 6.54 Å². The van der Waals surface area contributed by atoms with Crippen LogP contribution in [0, 0.1) is 0 Å². The van der Waals surface area contributed by atoms with Crippen molar-refractivity contribution in [1.29, 1.82) is 0 Å². The SMILES string of the molecule is Cn1cc(SC(CN)c2cnn(C)c2)cn1. The van der Waals surface area contributed by atoms with Gasteiger partial charge in [-0.15, -0.1) is 11.8 Å². The van der Waals surface area contributed by atoms with Crippen molar-refractivity contribution in [1.82, 2.24) is 19.6 Å². The summed E-state index contributed by atoms with van der Waals surface area (Å²) in [5.74, 6) is 0. The van der Waals surface area contributed by atoms with Crippen molar-refractivity contribution >= 4 is 11.8 Å². The quantitative estimate of drug-likeness (QED) is 0.804. The largest absolute Gasteiger partial charge is 0.329 e. The zero-order valence-corrected chi connectivity index (χ0v) is 10.2. The van der Waals surface area contributed by atoms with Gasteiger partial charge in [-0.05, 0) is 0 Å². The molecular formula is C10H15N5S. The van der Waals surface area contributed by atoms with E-state index in [-0.39, 0.29) is 5.25 Å². The van der Waals surface area contributed by atoms with Gasteiger partial charge in [0.25, 0.3) is 0 Å². The van der Waals surface area contributed by atoms with Crippen molar-refractivity contribution in [3.63, 3.8) is 0 Å². The van der Waals surface area contributed by atoms with Gasteiger partial charge in [-0.1, -0.05) is 0 Å². The molecule has 0 radical (unpaired) electrons. The predicted octanol–water partition coefficient (Wildman–Crippen LogP) is 0.946. The van der Waals surface area contributed by atoms with E-state index in [9.17, 15) is 0 Å². The van der Waals surface area contributed by atoms with Crippen LogP contribution >= 0.6 is 11.8 Å². The van der Waals surface area contributed by atoms with Gasteiger partial charge in [0.1, 0.15) is 0 Å². The summed E-state index contributed by atoms with van der Waals surface area (Å²) in [7, 11) is 3.82. The lowest BCUT2D eigenvalue weighted by Crippen LogP contribution is -2.08. The standard InChI is InChI=1S/C10H15N5S/c1-14-6-8(4-12-14)10(3-11)16-9-5-13-15(2)7-9/h4-7,10H,3,11H2,1-2H3. The summed E-state index contributed by atoms with van der Waals surface area (Å²) in [5.41, 5.74) is 6.94. The molecule has 0 saturated heterocycles. The highest BCUT2D eigenvalue weighted by Gasteiger charge is 2.13. The zero-order valence-electron chi connectivity index (χ0n) is 9.37. The molecule has 0 aliphatic heterocycles. The van der Waals surface area contributed by atoms with Crippen LogP contribution in [0.25, 0.3) is 0 Å². The average Bonchev–Trinajstić information content (AvgIpc) is 2.84. The Morgan fingerprint density at radius 1 is 1.25 bits per heavy atom. The molecule has 2 aromatic heterocycles. The van der Waals surface area contributed by atoms with Gasteiger partial charge in [-0.3, -0.25) is 9.36 Å². The van der Waals surface area contributed by atoms with Crippen LogP contribution < -0.4 is 5.73 Å². The maximum Gasteiger partial charge on any atom is 0.0626 e. The molecule has 16 heavy (non-hydrogen) atoms. The highest BCUT2D eigenvalue weighted by Crippen LogP contribution is 2.33. The fourth-order valence-electron chi connectivity index (χ4n) is 1.48. The molecule has 5 nitrogen and oxygen atoms in total. The Bertz CT molecular complexity index is 461. The van der Waals surface area contributed by atoms with E-state index in [1.165, 1.54) is 0 Å². The van der Waals surface area contributed by atoms with Gasteiger partial charge in [0.15, 0.2) is 0 Å². The van der Waals surface area contributed by atoms with Crippen LogP contribution in [0.3, 0.4) is 0 Å². The van der Waals surface area contributed by atoms with Crippen molar-refractivity contribution < 1.29 is 0 Å². The fraction of sp³-hybridized carbons (Fsp3) is 0.400. The summed E-state index contributed by atoms with van der Waals surface area (Å²) < 4.78 is 3.58. The molecule has 2 N–H and O–H groups in total. The molecule has 2 heterocycles. The number of nitrogens with zero attached hydrogens (tertiary/aromatic N) is 4. The normalized spacial score (nSPS) is 12.9. The molecule has 0 saturated carbocycles. The first-order chi connectivity index (χ1) is 7.69. The Balaban J connectivity index is 2.12. The van der Waals surface area contributed by atoms with E-state index in [1.54, 1.807) is 21.1 Å². The van der Waals surface area contributed by atoms with Crippen LogP contribution in [0.15, 0.2) is 29.7 Å². The number of nitrogens with two attached hydrogens (primary N) is 1. The van der Waals surface area contributed by atoms with Crippen molar-refractivity contribution in [2.45, 2.75) is 10.1 Å². The monoisotopic (exact) mass is 237 g/mol. The lowest BCUT2D eigenvalue weighted by Gasteiger charge is -2.10. The Labute approximate surface area is 98.6 Å². The fourth-order valence-corrected chi connectivity index (χ4v) is 2.49. The summed E-state index contributed by atoms with van der Waals surface area (Å²) in [4.78, 5) is 1.13. The molecule has 1 atom stereocenters. The van der Waals surface area contributed by atoms with Gasteiger partial charge in [0.05, 0.1) is 12.4 Å². The minimum absolute atomic E-state index is 0.234. The first-order valence-electron chi connectivity index (χ1n) is 5.03. The molecule has 0 aliphatic rings. The van der Waals surface area contributed by atoms with Crippen LogP contribution in [-0.4, -0.2) is 26.1 Å². The summed E-state index contributed by atoms with van der Waals surface area (Å²) in [6, 6.07) is 0. The van der Waals surface area contributed by atoms with Gasteiger partial charge >= 0.3 is 0 Å². The number of hydrogen-bond acceptors (Lipinski definition) is 4. The third-order valence-corrected chi connectivity index (χ3v) is 3.50. The molecule has 2 rings (SSSR count). The first kappa shape index (κ1) is 11.2. The second-order valence-corrected chi connectivity index (χ2v) is 4.92. The topological polar surface area (TPSA) is 61.7 Å². The van der Waals surface area contributed by atoms with Crippen LogP contribution in [0.4, 0.5) is 0 Å². The molecule has 6 heteroatoms. The van der Waals surface area contributed by atoms with E-state index >= 15 is 0 Å². The number of rotatable bonds is 4.